The lowest BCUT2D eigenvalue weighted by Crippen LogP contribution is -2.16. The van der Waals surface area contributed by atoms with Crippen molar-refractivity contribution in [2.75, 3.05) is 5.32 Å². The summed E-state index contributed by atoms with van der Waals surface area (Å²) in [6, 6.07) is 27.5. The Hall–Kier alpha value is -4.63. The van der Waals surface area contributed by atoms with Crippen LogP contribution in [0.25, 0.3) is 16.7 Å². The standard InChI is InChI=1S/C26H19N5O3S/c1-17(21-16-18-10-8-9-15-22(18)34-25(21)33)28-29-26-31(20-13-6-3-7-14-20)30-24(35-26)23(32)27-19-11-4-2-5-12-19/h2-16H,1H3,(H,27,32)/b28-17+,29-26-. The van der Waals surface area contributed by atoms with Crippen molar-refractivity contribution in [2.45, 2.75) is 6.92 Å². The first-order valence-electron chi connectivity index (χ1n) is 10.7. The number of rotatable bonds is 5. The lowest BCUT2D eigenvalue weighted by Gasteiger charge is -2.02. The minimum Gasteiger partial charge on any atom is -0.422 e. The van der Waals surface area contributed by atoms with E-state index in [1.165, 1.54) is 0 Å². The molecule has 1 N–H and O–H groups in total. The number of hydrogen-bond donors (Lipinski definition) is 1. The second-order valence-electron chi connectivity index (χ2n) is 7.53. The summed E-state index contributed by atoms with van der Waals surface area (Å²) in [5, 5.41) is 16.9. The molecule has 0 aliphatic rings. The molecule has 35 heavy (non-hydrogen) atoms. The maximum Gasteiger partial charge on any atom is 0.345 e. The Kier molecular flexibility index (Phi) is 6.15. The first-order valence-corrected chi connectivity index (χ1v) is 11.5. The van der Waals surface area contributed by atoms with Crippen LogP contribution in [0.1, 0.15) is 22.3 Å². The molecule has 8 nitrogen and oxygen atoms in total. The predicted molar refractivity (Wildman–Crippen MR) is 136 cm³/mol. The smallest absolute Gasteiger partial charge is 0.345 e. The van der Waals surface area contributed by atoms with Gasteiger partial charge in [-0.15, -0.1) is 10.2 Å². The summed E-state index contributed by atoms with van der Waals surface area (Å²) in [5.74, 6) is -0.358. The van der Waals surface area contributed by atoms with Gasteiger partial charge in [-0.05, 0) is 43.3 Å². The average Bonchev–Trinajstić information content (AvgIpc) is 3.32. The van der Waals surface area contributed by atoms with Crippen molar-refractivity contribution in [3.63, 3.8) is 0 Å². The van der Waals surface area contributed by atoms with Gasteiger partial charge in [0.05, 0.1) is 17.0 Å². The van der Waals surface area contributed by atoms with Gasteiger partial charge in [-0.2, -0.15) is 5.10 Å². The fraction of sp³-hybridized carbons (Fsp3) is 0.0385. The summed E-state index contributed by atoms with van der Waals surface area (Å²) in [6.07, 6.45) is 0. The molecule has 2 aromatic heterocycles. The van der Waals surface area contributed by atoms with Crippen molar-refractivity contribution in [3.05, 3.63) is 117 Å². The van der Waals surface area contributed by atoms with E-state index in [2.05, 4.69) is 20.6 Å². The molecule has 0 atom stereocenters. The second kappa shape index (κ2) is 9.70. The Morgan fingerprint density at radius 1 is 0.971 bits per heavy atom. The molecule has 0 aliphatic heterocycles. The monoisotopic (exact) mass is 481 g/mol. The van der Waals surface area contributed by atoms with Crippen LogP contribution in [-0.4, -0.2) is 21.4 Å². The number of nitrogens with zero attached hydrogens (tertiary/aromatic N) is 4. The number of benzene rings is 3. The number of fused-ring (bicyclic) bond motifs is 1. The van der Waals surface area contributed by atoms with Gasteiger partial charge in [-0.3, -0.25) is 4.79 Å². The van der Waals surface area contributed by atoms with Crippen molar-refractivity contribution >= 4 is 39.6 Å². The van der Waals surface area contributed by atoms with Gasteiger partial charge in [-0.1, -0.05) is 65.9 Å². The molecule has 172 valence electrons. The van der Waals surface area contributed by atoms with Gasteiger partial charge < -0.3 is 9.73 Å². The van der Waals surface area contributed by atoms with Crippen LogP contribution < -0.4 is 15.7 Å². The molecule has 0 spiro atoms. The summed E-state index contributed by atoms with van der Waals surface area (Å²) in [5.41, 5.74) is 2.08. The number of aromatic nitrogens is 2. The number of para-hydroxylation sites is 3. The van der Waals surface area contributed by atoms with E-state index in [0.717, 1.165) is 22.4 Å². The summed E-state index contributed by atoms with van der Waals surface area (Å²) >= 11 is 1.09. The average molecular weight is 482 g/mol. The van der Waals surface area contributed by atoms with E-state index in [1.807, 2.05) is 60.7 Å². The number of anilines is 1. The SMILES string of the molecule is C/C(=N\N=c1/sc(C(=O)Nc2ccccc2)nn1-c1ccccc1)c1cc2ccccc2oc1=O. The lowest BCUT2D eigenvalue weighted by molar-refractivity contribution is 0.102. The van der Waals surface area contributed by atoms with Crippen molar-refractivity contribution in [2.24, 2.45) is 10.2 Å². The first kappa shape index (κ1) is 22.2. The molecule has 0 unspecified atom stereocenters. The van der Waals surface area contributed by atoms with Crippen LogP contribution >= 0.6 is 11.3 Å². The summed E-state index contributed by atoms with van der Waals surface area (Å²) in [7, 11) is 0. The molecular weight excluding hydrogens is 462 g/mol. The van der Waals surface area contributed by atoms with Crippen molar-refractivity contribution in [3.8, 4) is 5.69 Å². The van der Waals surface area contributed by atoms with E-state index >= 15 is 0 Å². The Morgan fingerprint density at radius 3 is 2.43 bits per heavy atom. The molecule has 3 aromatic carbocycles. The number of nitrogens with one attached hydrogen (secondary N) is 1. The van der Waals surface area contributed by atoms with Gasteiger partial charge in [0.25, 0.3) is 5.91 Å². The Morgan fingerprint density at radius 2 is 1.66 bits per heavy atom. The normalized spacial score (nSPS) is 12.1. The minimum absolute atomic E-state index is 0.217. The molecule has 9 heteroatoms. The highest BCUT2D eigenvalue weighted by atomic mass is 32.1. The third kappa shape index (κ3) is 4.85. The Balaban J connectivity index is 1.55. The molecule has 5 aromatic rings. The number of carbonyl (C=O) groups is 1. The number of amides is 1. The third-order valence-electron chi connectivity index (χ3n) is 5.10. The Labute approximate surface area is 203 Å². The number of carbonyl (C=O) groups excluding carboxylic acids is 1. The molecule has 0 radical (unpaired) electrons. The molecule has 1 amide bonds. The fourth-order valence-electron chi connectivity index (χ4n) is 3.37. The van der Waals surface area contributed by atoms with Gasteiger partial charge in [0.2, 0.25) is 9.81 Å². The topological polar surface area (TPSA) is 102 Å². The zero-order chi connectivity index (χ0) is 24.2. The van der Waals surface area contributed by atoms with Crippen LogP contribution in [0.2, 0.25) is 0 Å². The van der Waals surface area contributed by atoms with Gasteiger partial charge in [0.15, 0.2) is 0 Å². The van der Waals surface area contributed by atoms with Crippen LogP contribution in [0.15, 0.2) is 110 Å². The third-order valence-corrected chi connectivity index (χ3v) is 6.00. The zero-order valence-electron chi connectivity index (χ0n) is 18.6. The quantitative estimate of drug-likeness (QED) is 0.225. The van der Waals surface area contributed by atoms with E-state index < -0.39 is 5.63 Å². The molecular formula is C26H19N5O3S. The summed E-state index contributed by atoms with van der Waals surface area (Å²) in [6.45, 7) is 1.68. The highest BCUT2D eigenvalue weighted by Gasteiger charge is 2.15. The Bertz CT molecular complexity index is 1670. The fourth-order valence-corrected chi connectivity index (χ4v) is 4.12. The summed E-state index contributed by atoms with van der Waals surface area (Å²) < 4.78 is 6.95. The number of hydrogen-bond acceptors (Lipinski definition) is 7. The molecule has 0 fully saturated rings. The van der Waals surface area contributed by atoms with E-state index in [-0.39, 0.29) is 10.9 Å². The molecule has 5 rings (SSSR count). The maximum atomic E-state index is 12.8. The van der Waals surface area contributed by atoms with E-state index in [4.69, 9.17) is 4.42 Å². The van der Waals surface area contributed by atoms with Crippen LogP contribution in [0, 0.1) is 0 Å². The second-order valence-corrected chi connectivity index (χ2v) is 8.48. The van der Waals surface area contributed by atoms with Crippen LogP contribution in [0.5, 0.6) is 0 Å². The van der Waals surface area contributed by atoms with Gasteiger partial charge >= 0.3 is 5.63 Å². The van der Waals surface area contributed by atoms with Gasteiger partial charge in [0.1, 0.15) is 5.58 Å². The van der Waals surface area contributed by atoms with Gasteiger partial charge in [-0.25, -0.2) is 9.48 Å². The predicted octanol–water partition coefficient (Wildman–Crippen LogP) is 4.62. The maximum absolute atomic E-state index is 12.8. The first-order chi connectivity index (χ1) is 17.1. The molecule has 2 heterocycles. The van der Waals surface area contributed by atoms with E-state index in [9.17, 15) is 9.59 Å². The zero-order valence-corrected chi connectivity index (χ0v) is 19.4. The van der Waals surface area contributed by atoms with Crippen LogP contribution in [0.3, 0.4) is 0 Å². The minimum atomic E-state index is -0.497. The van der Waals surface area contributed by atoms with Crippen molar-refractivity contribution in [1.82, 2.24) is 9.78 Å². The molecule has 0 saturated carbocycles. The van der Waals surface area contributed by atoms with Crippen molar-refractivity contribution < 1.29 is 9.21 Å². The largest absolute Gasteiger partial charge is 0.422 e. The lowest BCUT2D eigenvalue weighted by atomic mass is 10.1. The van der Waals surface area contributed by atoms with Gasteiger partial charge in [0, 0.05) is 11.1 Å². The molecule has 0 aliphatic carbocycles. The molecule has 0 bridgehead atoms. The van der Waals surface area contributed by atoms with Crippen molar-refractivity contribution in [1.29, 1.82) is 0 Å². The van der Waals surface area contributed by atoms with Crippen LogP contribution in [0.4, 0.5) is 5.69 Å². The molecule has 0 saturated heterocycles. The highest BCUT2D eigenvalue weighted by molar-refractivity contribution is 7.11. The van der Waals surface area contributed by atoms with E-state index in [0.29, 0.717) is 27.3 Å². The highest BCUT2D eigenvalue weighted by Crippen LogP contribution is 2.14. The van der Waals surface area contributed by atoms with Crippen LogP contribution in [-0.2, 0) is 0 Å². The van der Waals surface area contributed by atoms with E-state index in [1.54, 1.807) is 41.9 Å². The summed E-state index contributed by atoms with van der Waals surface area (Å²) in [4.78, 5) is 25.7.